The molecular weight excluding hydrogens is 236 g/mol. The van der Waals surface area contributed by atoms with Crippen LogP contribution in [0.1, 0.15) is 12.1 Å². The summed E-state index contributed by atoms with van der Waals surface area (Å²) >= 11 is 1.70. The van der Waals surface area contributed by atoms with E-state index >= 15 is 0 Å². The number of thioether (sulfide) groups is 1. The highest BCUT2D eigenvalue weighted by molar-refractivity contribution is 7.98. The SMILES string of the molecule is CSCC[C@@H](N)C(=O)NCCc1ccn(C)n1. The fourth-order valence-corrected chi connectivity index (χ4v) is 1.91. The molecule has 0 saturated heterocycles. The van der Waals surface area contributed by atoms with Gasteiger partial charge in [-0.05, 0) is 24.5 Å². The molecule has 0 bridgehead atoms. The Kier molecular flexibility index (Phi) is 6.07. The lowest BCUT2D eigenvalue weighted by Gasteiger charge is -2.10. The van der Waals surface area contributed by atoms with Gasteiger partial charge in [0, 0.05) is 26.2 Å². The third-order valence-electron chi connectivity index (χ3n) is 2.42. The largest absolute Gasteiger partial charge is 0.354 e. The van der Waals surface area contributed by atoms with E-state index < -0.39 is 6.04 Å². The molecule has 0 aliphatic rings. The minimum atomic E-state index is -0.397. The summed E-state index contributed by atoms with van der Waals surface area (Å²) in [5, 5.41) is 7.06. The lowest BCUT2D eigenvalue weighted by Crippen LogP contribution is -2.41. The predicted octanol–water partition coefficient (Wildman–Crippen LogP) is 0.159. The van der Waals surface area contributed by atoms with Crippen molar-refractivity contribution in [1.82, 2.24) is 15.1 Å². The van der Waals surface area contributed by atoms with E-state index in [9.17, 15) is 4.79 Å². The molecule has 0 unspecified atom stereocenters. The van der Waals surface area contributed by atoms with E-state index in [1.165, 1.54) is 0 Å². The van der Waals surface area contributed by atoms with Crippen LogP contribution in [0.4, 0.5) is 0 Å². The molecule has 0 fully saturated rings. The summed E-state index contributed by atoms with van der Waals surface area (Å²) in [4.78, 5) is 11.6. The molecule has 3 N–H and O–H groups in total. The number of nitrogens with zero attached hydrogens (tertiary/aromatic N) is 2. The Hall–Kier alpha value is -1.01. The fourth-order valence-electron chi connectivity index (χ4n) is 1.42. The molecule has 1 amide bonds. The van der Waals surface area contributed by atoms with Crippen LogP contribution in [0.5, 0.6) is 0 Å². The maximum absolute atomic E-state index is 11.6. The van der Waals surface area contributed by atoms with Crippen LogP contribution in [0.3, 0.4) is 0 Å². The number of hydrogen-bond acceptors (Lipinski definition) is 4. The van der Waals surface area contributed by atoms with Crippen molar-refractivity contribution in [3.8, 4) is 0 Å². The number of nitrogens with one attached hydrogen (secondary N) is 1. The third kappa shape index (κ3) is 5.23. The van der Waals surface area contributed by atoms with Crippen LogP contribution in [0, 0.1) is 0 Å². The standard InChI is InChI=1S/C11H20N4OS/c1-15-7-4-9(14-15)3-6-13-11(16)10(12)5-8-17-2/h4,7,10H,3,5-6,8,12H2,1-2H3,(H,13,16)/t10-/m1/s1. The summed E-state index contributed by atoms with van der Waals surface area (Å²) in [6.07, 6.45) is 5.35. The number of carbonyl (C=O) groups is 1. The summed E-state index contributed by atoms with van der Waals surface area (Å²) in [6, 6.07) is 1.55. The second-order valence-corrected chi connectivity index (χ2v) is 4.90. The van der Waals surface area contributed by atoms with Crippen molar-refractivity contribution in [2.75, 3.05) is 18.6 Å². The molecule has 0 aliphatic heterocycles. The number of aromatic nitrogens is 2. The molecule has 96 valence electrons. The quantitative estimate of drug-likeness (QED) is 0.729. The van der Waals surface area contributed by atoms with Crippen LogP contribution >= 0.6 is 11.8 Å². The fraction of sp³-hybridized carbons (Fsp3) is 0.636. The molecule has 0 saturated carbocycles. The van der Waals surface area contributed by atoms with Gasteiger partial charge in [-0.25, -0.2) is 0 Å². The highest BCUT2D eigenvalue weighted by atomic mass is 32.2. The van der Waals surface area contributed by atoms with Crippen molar-refractivity contribution in [2.24, 2.45) is 12.8 Å². The van der Waals surface area contributed by atoms with Crippen LogP contribution in [-0.4, -0.2) is 40.3 Å². The first-order valence-corrected chi connectivity index (χ1v) is 7.03. The average Bonchev–Trinajstić information content (AvgIpc) is 2.71. The number of rotatable bonds is 7. The predicted molar refractivity (Wildman–Crippen MR) is 70.9 cm³/mol. The van der Waals surface area contributed by atoms with Crippen LogP contribution in [0.15, 0.2) is 12.3 Å². The monoisotopic (exact) mass is 256 g/mol. The highest BCUT2D eigenvalue weighted by Crippen LogP contribution is 1.99. The average molecular weight is 256 g/mol. The Bertz CT molecular complexity index is 353. The molecular formula is C11H20N4OS. The summed E-state index contributed by atoms with van der Waals surface area (Å²) in [5.74, 6) is 0.837. The first-order chi connectivity index (χ1) is 8.13. The van der Waals surface area contributed by atoms with Crippen molar-refractivity contribution in [3.05, 3.63) is 18.0 Å². The van der Waals surface area contributed by atoms with Crippen molar-refractivity contribution >= 4 is 17.7 Å². The van der Waals surface area contributed by atoms with Crippen molar-refractivity contribution in [3.63, 3.8) is 0 Å². The van der Waals surface area contributed by atoms with Crippen LogP contribution < -0.4 is 11.1 Å². The molecule has 1 atom stereocenters. The van der Waals surface area contributed by atoms with Gasteiger partial charge in [-0.1, -0.05) is 0 Å². The van der Waals surface area contributed by atoms with Crippen LogP contribution in [0.25, 0.3) is 0 Å². The van der Waals surface area contributed by atoms with E-state index in [4.69, 9.17) is 5.73 Å². The van der Waals surface area contributed by atoms with Crippen LogP contribution in [-0.2, 0) is 18.3 Å². The Balaban J connectivity index is 2.19. The summed E-state index contributed by atoms with van der Waals surface area (Å²) in [5.41, 5.74) is 6.72. The molecule has 5 nitrogen and oxygen atoms in total. The van der Waals surface area contributed by atoms with Gasteiger partial charge in [0.1, 0.15) is 0 Å². The van der Waals surface area contributed by atoms with Crippen molar-refractivity contribution in [2.45, 2.75) is 18.9 Å². The van der Waals surface area contributed by atoms with E-state index in [1.807, 2.05) is 25.6 Å². The first kappa shape index (κ1) is 14.1. The zero-order valence-electron chi connectivity index (χ0n) is 10.3. The second-order valence-electron chi connectivity index (χ2n) is 3.91. The molecule has 0 spiro atoms. The van der Waals surface area contributed by atoms with Gasteiger partial charge >= 0.3 is 0 Å². The van der Waals surface area contributed by atoms with E-state index in [1.54, 1.807) is 16.4 Å². The summed E-state index contributed by atoms with van der Waals surface area (Å²) in [7, 11) is 1.88. The zero-order chi connectivity index (χ0) is 12.7. The van der Waals surface area contributed by atoms with E-state index in [0.717, 1.165) is 24.3 Å². The van der Waals surface area contributed by atoms with Gasteiger partial charge in [0.2, 0.25) is 5.91 Å². The Labute approximate surface area is 106 Å². The Morgan fingerprint density at radius 2 is 2.47 bits per heavy atom. The van der Waals surface area contributed by atoms with Crippen LogP contribution in [0.2, 0.25) is 0 Å². The minimum absolute atomic E-state index is 0.0741. The smallest absolute Gasteiger partial charge is 0.236 e. The van der Waals surface area contributed by atoms with Gasteiger partial charge in [-0.15, -0.1) is 0 Å². The lowest BCUT2D eigenvalue weighted by atomic mass is 10.2. The maximum Gasteiger partial charge on any atom is 0.236 e. The maximum atomic E-state index is 11.6. The van der Waals surface area contributed by atoms with E-state index in [2.05, 4.69) is 10.4 Å². The number of amides is 1. The van der Waals surface area contributed by atoms with Crippen molar-refractivity contribution < 1.29 is 4.79 Å². The second kappa shape index (κ2) is 7.34. The minimum Gasteiger partial charge on any atom is -0.354 e. The normalized spacial score (nSPS) is 12.4. The lowest BCUT2D eigenvalue weighted by molar-refractivity contribution is -0.122. The van der Waals surface area contributed by atoms with E-state index in [-0.39, 0.29) is 5.91 Å². The van der Waals surface area contributed by atoms with Gasteiger partial charge < -0.3 is 11.1 Å². The molecule has 0 aliphatic carbocycles. The van der Waals surface area contributed by atoms with E-state index in [0.29, 0.717) is 6.54 Å². The Morgan fingerprint density at radius 3 is 3.06 bits per heavy atom. The molecule has 0 radical (unpaired) electrons. The summed E-state index contributed by atoms with van der Waals surface area (Å²) in [6.45, 7) is 0.586. The van der Waals surface area contributed by atoms with Gasteiger partial charge in [0.15, 0.2) is 0 Å². The number of carbonyl (C=O) groups excluding carboxylic acids is 1. The molecule has 6 heteroatoms. The Morgan fingerprint density at radius 1 is 1.71 bits per heavy atom. The number of nitrogens with two attached hydrogens (primary N) is 1. The van der Waals surface area contributed by atoms with Crippen molar-refractivity contribution in [1.29, 1.82) is 0 Å². The number of aryl methyl sites for hydroxylation is 1. The van der Waals surface area contributed by atoms with Gasteiger partial charge in [-0.3, -0.25) is 9.48 Å². The molecule has 0 aromatic carbocycles. The molecule has 1 heterocycles. The highest BCUT2D eigenvalue weighted by Gasteiger charge is 2.11. The molecule has 1 rings (SSSR count). The first-order valence-electron chi connectivity index (χ1n) is 5.64. The topological polar surface area (TPSA) is 72.9 Å². The van der Waals surface area contributed by atoms with Gasteiger partial charge in [-0.2, -0.15) is 16.9 Å². The number of hydrogen-bond donors (Lipinski definition) is 2. The molecule has 17 heavy (non-hydrogen) atoms. The third-order valence-corrected chi connectivity index (χ3v) is 3.06. The van der Waals surface area contributed by atoms with Gasteiger partial charge in [0.25, 0.3) is 0 Å². The van der Waals surface area contributed by atoms with Gasteiger partial charge in [0.05, 0.1) is 11.7 Å². The zero-order valence-corrected chi connectivity index (χ0v) is 11.2. The summed E-state index contributed by atoms with van der Waals surface area (Å²) < 4.78 is 1.75. The molecule has 1 aromatic heterocycles. The molecule has 1 aromatic rings.